The number of carbonyl (C=O) groups is 3. The van der Waals surface area contributed by atoms with Gasteiger partial charge in [-0.05, 0) is 62.0 Å². The van der Waals surface area contributed by atoms with Gasteiger partial charge in [0, 0.05) is 55.4 Å². The maximum absolute atomic E-state index is 12.8. The molecule has 0 radical (unpaired) electrons. The Balaban J connectivity index is 1.36. The molecule has 0 spiro atoms. The molecule has 3 aromatic rings. The van der Waals surface area contributed by atoms with E-state index in [9.17, 15) is 14.4 Å². The zero-order valence-corrected chi connectivity index (χ0v) is 20.4. The Kier molecular flexibility index (Phi) is 7.87. The van der Waals surface area contributed by atoms with E-state index in [1.54, 1.807) is 41.3 Å². The maximum Gasteiger partial charge on any atom is 0.272 e. The third kappa shape index (κ3) is 6.64. The molecule has 4 rings (SSSR count). The summed E-state index contributed by atoms with van der Waals surface area (Å²) in [5, 5.41) is 5.66. The van der Waals surface area contributed by atoms with Crippen LogP contribution in [0.4, 0.5) is 11.4 Å². The number of pyridine rings is 1. The Labute approximate surface area is 210 Å². The number of amides is 3. The van der Waals surface area contributed by atoms with Crippen LogP contribution in [0.2, 0.25) is 0 Å². The van der Waals surface area contributed by atoms with Crippen molar-refractivity contribution >= 4 is 35.2 Å². The van der Waals surface area contributed by atoms with Crippen LogP contribution in [0.25, 0.3) is 6.08 Å². The van der Waals surface area contributed by atoms with Crippen LogP contribution in [0.15, 0.2) is 72.9 Å². The van der Waals surface area contributed by atoms with Crippen molar-refractivity contribution < 1.29 is 14.4 Å². The van der Waals surface area contributed by atoms with Crippen LogP contribution in [-0.4, -0.2) is 65.7 Å². The first-order valence-electron chi connectivity index (χ1n) is 11.8. The van der Waals surface area contributed by atoms with Gasteiger partial charge in [0.15, 0.2) is 0 Å². The highest BCUT2D eigenvalue weighted by atomic mass is 16.2. The van der Waals surface area contributed by atoms with E-state index >= 15 is 0 Å². The minimum atomic E-state index is -0.339. The monoisotopic (exact) mass is 483 g/mol. The van der Waals surface area contributed by atoms with Crippen LogP contribution < -0.4 is 10.6 Å². The van der Waals surface area contributed by atoms with Gasteiger partial charge in [0.05, 0.1) is 0 Å². The summed E-state index contributed by atoms with van der Waals surface area (Å²) in [6, 6.07) is 17.8. The molecule has 1 aliphatic heterocycles. The lowest BCUT2D eigenvalue weighted by molar-refractivity contribution is -0.111. The van der Waals surface area contributed by atoms with Crippen molar-refractivity contribution in [2.75, 3.05) is 43.9 Å². The summed E-state index contributed by atoms with van der Waals surface area (Å²) in [4.78, 5) is 45.9. The predicted molar refractivity (Wildman–Crippen MR) is 141 cm³/mol. The van der Waals surface area contributed by atoms with E-state index in [1.165, 1.54) is 12.3 Å². The lowest BCUT2D eigenvalue weighted by Gasteiger charge is -2.32. The fourth-order valence-corrected chi connectivity index (χ4v) is 3.86. The quantitative estimate of drug-likeness (QED) is 0.522. The summed E-state index contributed by atoms with van der Waals surface area (Å²) in [6.45, 7) is 4.89. The van der Waals surface area contributed by atoms with Gasteiger partial charge < -0.3 is 20.4 Å². The van der Waals surface area contributed by atoms with Gasteiger partial charge in [0.25, 0.3) is 11.8 Å². The summed E-state index contributed by atoms with van der Waals surface area (Å²) in [5.74, 6) is -0.676. The van der Waals surface area contributed by atoms with E-state index in [2.05, 4.69) is 20.5 Å². The van der Waals surface area contributed by atoms with Gasteiger partial charge in [0.2, 0.25) is 5.91 Å². The molecule has 0 saturated carbocycles. The number of hydrogen-bond acceptors (Lipinski definition) is 5. The molecular formula is C28H29N5O3. The summed E-state index contributed by atoms with van der Waals surface area (Å²) < 4.78 is 0. The summed E-state index contributed by atoms with van der Waals surface area (Å²) in [7, 11) is 2.03. The third-order valence-corrected chi connectivity index (χ3v) is 5.89. The molecular weight excluding hydrogens is 454 g/mol. The van der Waals surface area contributed by atoms with E-state index in [-0.39, 0.29) is 17.7 Å². The lowest BCUT2D eigenvalue weighted by Crippen LogP contribution is -2.47. The number of aromatic nitrogens is 1. The van der Waals surface area contributed by atoms with Gasteiger partial charge in [-0.15, -0.1) is 0 Å². The van der Waals surface area contributed by atoms with E-state index in [0.717, 1.165) is 24.2 Å². The zero-order chi connectivity index (χ0) is 25.5. The van der Waals surface area contributed by atoms with Crippen molar-refractivity contribution in [2.24, 2.45) is 0 Å². The molecule has 1 fully saturated rings. The highest BCUT2D eigenvalue weighted by Crippen LogP contribution is 2.15. The number of nitrogens with zero attached hydrogens (tertiary/aromatic N) is 3. The zero-order valence-electron chi connectivity index (χ0n) is 20.4. The molecule has 184 valence electrons. The molecule has 1 saturated heterocycles. The van der Waals surface area contributed by atoms with Crippen LogP contribution in [0.5, 0.6) is 0 Å². The van der Waals surface area contributed by atoms with E-state index in [4.69, 9.17) is 0 Å². The molecule has 0 unspecified atom stereocenters. The van der Waals surface area contributed by atoms with Gasteiger partial charge in [0.1, 0.15) is 5.69 Å². The molecule has 1 aromatic heterocycles. The summed E-state index contributed by atoms with van der Waals surface area (Å²) >= 11 is 0. The molecule has 2 N–H and O–H groups in total. The first-order valence-corrected chi connectivity index (χ1v) is 11.8. The minimum absolute atomic E-state index is 0.140. The average Bonchev–Trinajstić information content (AvgIpc) is 2.88. The van der Waals surface area contributed by atoms with Crippen LogP contribution in [0.3, 0.4) is 0 Å². The number of aryl methyl sites for hydroxylation is 1. The number of anilines is 2. The smallest absolute Gasteiger partial charge is 0.272 e. The fourth-order valence-electron chi connectivity index (χ4n) is 3.86. The van der Waals surface area contributed by atoms with Crippen LogP contribution in [0.1, 0.15) is 32.0 Å². The van der Waals surface area contributed by atoms with Gasteiger partial charge in [-0.3, -0.25) is 19.4 Å². The molecule has 2 heterocycles. The van der Waals surface area contributed by atoms with Crippen molar-refractivity contribution in [1.29, 1.82) is 0 Å². The van der Waals surface area contributed by atoms with E-state index < -0.39 is 0 Å². The first-order chi connectivity index (χ1) is 17.4. The molecule has 36 heavy (non-hydrogen) atoms. The number of rotatable bonds is 6. The Morgan fingerprint density at radius 1 is 0.889 bits per heavy atom. The van der Waals surface area contributed by atoms with Crippen molar-refractivity contribution in [1.82, 2.24) is 14.8 Å². The molecule has 0 bridgehead atoms. The maximum atomic E-state index is 12.8. The number of piperazine rings is 1. The molecule has 8 heteroatoms. The van der Waals surface area contributed by atoms with Crippen molar-refractivity contribution in [3.05, 3.63) is 95.3 Å². The van der Waals surface area contributed by atoms with E-state index in [0.29, 0.717) is 35.7 Å². The molecule has 8 nitrogen and oxygen atoms in total. The third-order valence-electron chi connectivity index (χ3n) is 5.89. The van der Waals surface area contributed by atoms with Gasteiger partial charge in [-0.2, -0.15) is 0 Å². The molecule has 0 aliphatic carbocycles. The molecule has 0 atom stereocenters. The Morgan fingerprint density at radius 2 is 1.64 bits per heavy atom. The van der Waals surface area contributed by atoms with Crippen molar-refractivity contribution in [3.8, 4) is 0 Å². The molecule has 3 amide bonds. The van der Waals surface area contributed by atoms with Crippen LogP contribution in [0, 0.1) is 6.92 Å². The van der Waals surface area contributed by atoms with Crippen molar-refractivity contribution in [3.63, 3.8) is 0 Å². The van der Waals surface area contributed by atoms with Gasteiger partial charge in [-0.1, -0.05) is 29.8 Å². The average molecular weight is 484 g/mol. The fraction of sp³-hybridized carbons (Fsp3) is 0.214. The Bertz CT molecular complexity index is 1300. The second-order valence-corrected chi connectivity index (χ2v) is 8.80. The standard InChI is InChI=1S/C28H29N5O3/c1-20-5-3-7-22(17-20)27(35)31-23-8-4-6-21(18-23)9-10-26(34)30-24-11-12-29-25(19-24)28(36)33-15-13-32(2)14-16-33/h3-12,17-19H,13-16H2,1-2H3,(H,31,35)(H,29,30,34)/b10-9+. The number of nitrogens with one attached hydrogen (secondary N) is 2. The van der Waals surface area contributed by atoms with Gasteiger partial charge >= 0.3 is 0 Å². The van der Waals surface area contributed by atoms with Gasteiger partial charge in [-0.25, -0.2) is 0 Å². The van der Waals surface area contributed by atoms with Crippen LogP contribution in [-0.2, 0) is 4.79 Å². The Hall–Kier alpha value is -4.30. The topological polar surface area (TPSA) is 94.6 Å². The summed E-state index contributed by atoms with van der Waals surface area (Å²) in [5.41, 5.74) is 3.78. The summed E-state index contributed by atoms with van der Waals surface area (Å²) in [6.07, 6.45) is 4.59. The number of hydrogen-bond donors (Lipinski definition) is 2. The second kappa shape index (κ2) is 11.4. The molecule has 2 aromatic carbocycles. The van der Waals surface area contributed by atoms with Crippen LogP contribution >= 0.6 is 0 Å². The predicted octanol–water partition coefficient (Wildman–Crippen LogP) is 3.68. The number of likely N-dealkylation sites (N-methyl/N-ethyl adjacent to an activating group) is 1. The normalized spacial score (nSPS) is 14.0. The first kappa shape index (κ1) is 24.8. The van der Waals surface area contributed by atoms with E-state index in [1.807, 2.05) is 44.3 Å². The largest absolute Gasteiger partial charge is 0.335 e. The number of carbonyl (C=O) groups excluding carboxylic acids is 3. The number of benzene rings is 2. The molecule has 1 aliphatic rings. The minimum Gasteiger partial charge on any atom is -0.335 e. The SMILES string of the molecule is Cc1cccc(C(=O)Nc2cccc(/C=C/C(=O)Nc3ccnc(C(=O)N4CCN(C)CC4)c3)c2)c1. The Morgan fingerprint density at radius 3 is 2.42 bits per heavy atom. The second-order valence-electron chi connectivity index (χ2n) is 8.80. The highest BCUT2D eigenvalue weighted by Gasteiger charge is 2.21. The van der Waals surface area contributed by atoms with Crippen molar-refractivity contribution in [2.45, 2.75) is 6.92 Å². The highest BCUT2D eigenvalue weighted by molar-refractivity contribution is 6.05. The lowest BCUT2D eigenvalue weighted by atomic mass is 10.1.